The van der Waals surface area contributed by atoms with Crippen molar-refractivity contribution in [3.8, 4) is 0 Å². The van der Waals surface area contributed by atoms with E-state index in [1.807, 2.05) is 0 Å². The summed E-state index contributed by atoms with van der Waals surface area (Å²) in [5.41, 5.74) is 3.30. The summed E-state index contributed by atoms with van der Waals surface area (Å²) in [7, 11) is 0. The van der Waals surface area contributed by atoms with E-state index in [2.05, 4.69) is 61.7 Å². The molecule has 0 spiro atoms. The summed E-state index contributed by atoms with van der Waals surface area (Å²) in [5, 5.41) is 3.19. The van der Waals surface area contributed by atoms with Crippen LogP contribution in [0.2, 0.25) is 0 Å². The fourth-order valence-corrected chi connectivity index (χ4v) is 3.95. The second-order valence-electron chi connectivity index (χ2n) is 7.34. The van der Waals surface area contributed by atoms with Crippen LogP contribution in [0.3, 0.4) is 0 Å². The van der Waals surface area contributed by atoms with E-state index < -0.39 is 0 Å². The Balaban J connectivity index is 1.65. The third-order valence-electron chi connectivity index (χ3n) is 5.45. The summed E-state index contributed by atoms with van der Waals surface area (Å²) in [6, 6.07) is 6.25. The van der Waals surface area contributed by atoms with Crippen LogP contribution in [0.5, 0.6) is 0 Å². The molecule has 0 bridgehead atoms. The molecule has 3 rings (SSSR count). The fourth-order valence-electron chi connectivity index (χ4n) is 3.95. The molecular weight excluding hydrogens is 294 g/mol. The summed E-state index contributed by atoms with van der Waals surface area (Å²) >= 11 is 0. The van der Waals surface area contributed by atoms with Gasteiger partial charge in [-0.05, 0) is 81.4 Å². The zero-order chi connectivity index (χ0) is 16.9. The van der Waals surface area contributed by atoms with Crippen LogP contribution in [0.1, 0.15) is 49.7 Å². The van der Waals surface area contributed by atoms with Gasteiger partial charge in [-0.15, -0.1) is 0 Å². The Morgan fingerprint density at radius 1 is 0.917 bits per heavy atom. The first-order valence-corrected chi connectivity index (χ1v) is 9.35. The molecule has 1 aromatic rings. The lowest BCUT2D eigenvalue weighted by Gasteiger charge is -2.09. The van der Waals surface area contributed by atoms with Crippen molar-refractivity contribution in [1.29, 1.82) is 0 Å². The average Bonchev–Trinajstić information content (AvgIpc) is 3.23. The zero-order valence-corrected chi connectivity index (χ0v) is 14.9. The number of hydrogen-bond donors (Lipinski definition) is 1. The van der Waals surface area contributed by atoms with E-state index in [-0.39, 0.29) is 11.8 Å². The molecule has 0 radical (unpaired) electrons. The Labute approximate surface area is 146 Å². The Morgan fingerprint density at radius 3 is 2.12 bits per heavy atom. The van der Waals surface area contributed by atoms with Crippen molar-refractivity contribution in [2.45, 2.75) is 52.4 Å². The van der Waals surface area contributed by atoms with E-state index in [0.717, 1.165) is 49.8 Å². The third kappa shape index (κ3) is 4.17. The minimum absolute atomic E-state index is 0.201. The van der Waals surface area contributed by atoms with E-state index in [1.54, 1.807) is 0 Å². The molecule has 24 heavy (non-hydrogen) atoms. The molecule has 3 unspecified atom stereocenters. The molecule has 2 nitrogen and oxygen atoms in total. The number of aryl methyl sites for hydroxylation is 2. The highest BCUT2D eigenvalue weighted by Gasteiger charge is 2.52. The molecule has 128 valence electrons. The molecule has 0 heterocycles. The summed E-state index contributed by atoms with van der Waals surface area (Å²) in [5.74, 6) is 1.55. The van der Waals surface area contributed by atoms with Crippen LogP contribution in [-0.2, 0) is 4.79 Å². The lowest BCUT2D eigenvalue weighted by molar-refractivity contribution is -0.117. The van der Waals surface area contributed by atoms with Gasteiger partial charge in [0, 0.05) is 11.6 Å². The largest absolute Gasteiger partial charge is 0.326 e. The van der Waals surface area contributed by atoms with Crippen LogP contribution >= 0.6 is 0 Å². The van der Waals surface area contributed by atoms with Crippen LogP contribution in [0.4, 0.5) is 5.69 Å². The summed E-state index contributed by atoms with van der Waals surface area (Å²) in [6.07, 6.45) is 16.0. The number of rotatable bonds is 2. The van der Waals surface area contributed by atoms with Crippen molar-refractivity contribution >= 4 is 11.6 Å². The Kier molecular flexibility index (Phi) is 5.55. The van der Waals surface area contributed by atoms with Gasteiger partial charge in [0.1, 0.15) is 0 Å². The average molecular weight is 323 g/mol. The monoisotopic (exact) mass is 323 g/mol. The quantitative estimate of drug-likeness (QED) is 0.708. The summed E-state index contributed by atoms with van der Waals surface area (Å²) < 4.78 is 0. The number of anilines is 1. The minimum Gasteiger partial charge on any atom is -0.326 e. The topological polar surface area (TPSA) is 29.1 Å². The van der Waals surface area contributed by atoms with Crippen LogP contribution in [0.25, 0.3) is 0 Å². The van der Waals surface area contributed by atoms with Gasteiger partial charge in [-0.1, -0.05) is 36.4 Å². The molecular formula is C22H29NO. The molecule has 0 aliphatic heterocycles. The zero-order valence-electron chi connectivity index (χ0n) is 14.9. The van der Waals surface area contributed by atoms with Gasteiger partial charge in [0.2, 0.25) is 5.91 Å². The van der Waals surface area contributed by atoms with Crippen molar-refractivity contribution in [3.05, 3.63) is 53.6 Å². The van der Waals surface area contributed by atoms with E-state index in [9.17, 15) is 4.79 Å². The van der Waals surface area contributed by atoms with Gasteiger partial charge in [0.25, 0.3) is 0 Å². The summed E-state index contributed by atoms with van der Waals surface area (Å²) in [4.78, 5) is 12.8. The van der Waals surface area contributed by atoms with Crippen LogP contribution < -0.4 is 5.32 Å². The number of fused-ring (bicyclic) bond motifs is 1. The summed E-state index contributed by atoms with van der Waals surface area (Å²) in [6.45, 7) is 4.12. The van der Waals surface area contributed by atoms with Gasteiger partial charge in [-0.2, -0.15) is 0 Å². The lowest BCUT2D eigenvalue weighted by Crippen LogP contribution is -2.16. The van der Waals surface area contributed by atoms with E-state index in [4.69, 9.17) is 0 Å². The third-order valence-corrected chi connectivity index (χ3v) is 5.45. The number of allylic oxidation sites excluding steroid dienone is 4. The molecule has 1 aromatic carbocycles. The second kappa shape index (κ2) is 7.83. The van der Waals surface area contributed by atoms with Crippen molar-refractivity contribution < 1.29 is 4.79 Å². The van der Waals surface area contributed by atoms with Gasteiger partial charge in [0.05, 0.1) is 0 Å². The van der Waals surface area contributed by atoms with Gasteiger partial charge < -0.3 is 5.32 Å². The second-order valence-corrected chi connectivity index (χ2v) is 7.34. The highest BCUT2D eigenvalue weighted by molar-refractivity contribution is 5.95. The van der Waals surface area contributed by atoms with Gasteiger partial charge in [-0.3, -0.25) is 4.79 Å². The highest BCUT2D eigenvalue weighted by atomic mass is 16.2. The molecule has 1 N–H and O–H groups in total. The molecule has 2 aliphatic carbocycles. The van der Waals surface area contributed by atoms with Gasteiger partial charge in [-0.25, -0.2) is 0 Å². The molecule has 0 saturated heterocycles. The van der Waals surface area contributed by atoms with Crippen LogP contribution in [0, 0.1) is 31.6 Å². The van der Waals surface area contributed by atoms with Gasteiger partial charge >= 0.3 is 0 Å². The predicted octanol–water partition coefficient (Wildman–Crippen LogP) is 5.57. The SMILES string of the molecule is Cc1ccc(C)c(NC(=O)C2C3CC/C=C\CC/C=C/CCC32)c1. The first-order chi connectivity index (χ1) is 11.7. The predicted molar refractivity (Wildman–Crippen MR) is 101 cm³/mol. The Hall–Kier alpha value is -1.83. The molecule has 1 amide bonds. The fraction of sp³-hybridized carbons (Fsp3) is 0.500. The minimum atomic E-state index is 0.201. The molecule has 2 aliphatic rings. The number of nitrogens with one attached hydrogen (secondary N) is 1. The number of hydrogen-bond acceptors (Lipinski definition) is 1. The van der Waals surface area contributed by atoms with E-state index >= 15 is 0 Å². The van der Waals surface area contributed by atoms with Crippen LogP contribution in [-0.4, -0.2) is 5.91 Å². The lowest BCUT2D eigenvalue weighted by atomic mass is 10.1. The molecule has 0 aromatic heterocycles. The maximum atomic E-state index is 12.8. The Morgan fingerprint density at radius 2 is 1.50 bits per heavy atom. The molecule has 3 atom stereocenters. The number of carbonyl (C=O) groups is 1. The molecule has 2 heteroatoms. The van der Waals surface area contributed by atoms with Crippen molar-refractivity contribution in [1.82, 2.24) is 0 Å². The maximum absolute atomic E-state index is 12.8. The van der Waals surface area contributed by atoms with E-state index in [1.165, 1.54) is 5.56 Å². The molecule has 1 fully saturated rings. The normalized spacial score (nSPS) is 29.5. The van der Waals surface area contributed by atoms with Crippen molar-refractivity contribution in [2.75, 3.05) is 5.32 Å². The standard InChI is InChI=1S/C22H29NO/c1-16-13-14-17(2)20(15-16)23-22(24)21-18-11-9-7-5-3-4-6-8-10-12-19(18)21/h5-8,13-15,18-19,21H,3-4,9-12H2,1-2H3,(H,23,24)/b7-5-,8-6+. The highest BCUT2D eigenvalue weighted by Crippen LogP contribution is 2.52. The smallest absolute Gasteiger partial charge is 0.228 e. The number of carbonyl (C=O) groups excluding carboxylic acids is 1. The van der Waals surface area contributed by atoms with Crippen molar-refractivity contribution in [3.63, 3.8) is 0 Å². The van der Waals surface area contributed by atoms with Crippen molar-refractivity contribution in [2.24, 2.45) is 17.8 Å². The number of benzene rings is 1. The Bertz CT molecular complexity index is 619. The van der Waals surface area contributed by atoms with Gasteiger partial charge in [0.15, 0.2) is 0 Å². The van der Waals surface area contributed by atoms with E-state index in [0.29, 0.717) is 11.8 Å². The first kappa shape index (κ1) is 17.0. The van der Waals surface area contributed by atoms with Crippen LogP contribution in [0.15, 0.2) is 42.5 Å². The molecule has 1 saturated carbocycles. The number of amides is 1. The maximum Gasteiger partial charge on any atom is 0.228 e. The first-order valence-electron chi connectivity index (χ1n) is 9.35.